The Balaban J connectivity index is 1.22. The van der Waals surface area contributed by atoms with E-state index in [1.165, 1.54) is 5.57 Å². The van der Waals surface area contributed by atoms with Gasteiger partial charge in [0.25, 0.3) is 0 Å². The second kappa shape index (κ2) is 7.77. The standard InChI is InChI=1S/C22H23N5O2S/c28-19(27-6-3-15(4-7-27)10-18-24-5-8-30-18)2-1-16-9-17-11-22(13-23-14-22)21(29)26-20(17)25-12-16/h1-3,5,8-9,12,23H,4,6-7,10-11,13-14H2,(H,25,26,29)/b2-1+. The summed E-state index contributed by atoms with van der Waals surface area (Å²) in [6.07, 6.45) is 11.5. The molecule has 1 saturated heterocycles. The summed E-state index contributed by atoms with van der Waals surface area (Å²) in [6, 6.07) is 2.02. The Kier molecular flexibility index (Phi) is 4.96. The van der Waals surface area contributed by atoms with Crippen LogP contribution in [-0.2, 0) is 22.4 Å². The Hall–Kier alpha value is -2.84. The number of carbonyl (C=O) groups is 2. The molecule has 2 amide bonds. The first-order valence-corrected chi connectivity index (χ1v) is 11.0. The number of pyridine rings is 1. The van der Waals surface area contributed by atoms with Gasteiger partial charge in [-0.15, -0.1) is 11.3 Å². The lowest BCUT2D eigenvalue weighted by Gasteiger charge is -2.43. The summed E-state index contributed by atoms with van der Waals surface area (Å²) in [5, 5.41) is 9.22. The molecule has 154 valence electrons. The van der Waals surface area contributed by atoms with E-state index in [1.807, 2.05) is 28.6 Å². The van der Waals surface area contributed by atoms with Crippen LogP contribution >= 0.6 is 11.3 Å². The number of anilines is 1. The van der Waals surface area contributed by atoms with Crippen LogP contribution in [-0.4, -0.2) is 52.9 Å². The fraction of sp³-hybridized carbons (Fsp3) is 0.364. The monoisotopic (exact) mass is 421 g/mol. The molecule has 3 aliphatic rings. The van der Waals surface area contributed by atoms with Crippen molar-refractivity contribution in [1.82, 2.24) is 20.2 Å². The van der Waals surface area contributed by atoms with Crippen molar-refractivity contribution in [3.8, 4) is 0 Å². The third-order valence-electron chi connectivity index (χ3n) is 6.05. The van der Waals surface area contributed by atoms with Gasteiger partial charge in [0.15, 0.2) is 0 Å². The maximum absolute atomic E-state index is 12.6. The lowest BCUT2D eigenvalue weighted by atomic mass is 9.73. The zero-order valence-electron chi connectivity index (χ0n) is 16.6. The van der Waals surface area contributed by atoms with Crippen LogP contribution in [0.25, 0.3) is 6.08 Å². The molecule has 30 heavy (non-hydrogen) atoms. The lowest BCUT2D eigenvalue weighted by molar-refractivity contribution is -0.129. The van der Waals surface area contributed by atoms with Crippen LogP contribution in [0.4, 0.5) is 5.82 Å². The van der Waals surface area contributed by atoms with E-state index < -0.39 is 0 Å². The average Bonchev–Trinajstić information content (AvgIpc) is 3.24. The van der Waals surface area contributed by atoms with Crippen LogP contribution in [0.1, 0.15) is 22.6 Å². The smallest absolute Gasteiger partial charge is 0.246 e. The molecule has 3 aliphatic heterocycles. The minimum Gasteiger partial charge on any atom is -0.335 e. The number of amides is 2. The van der Waals surface area contributed by atoms with Crippen molar-refractivity contribution in [3.63, 3.8) is 0 Å². The zero-order chi connectivity index (χ0) is 20.6. The van der Waals surface area contributed by atoms with Gasteiger partial charge in [-0.2, -0.15) is 0 Å². The number of hydrogen-bond donors (Lipinski definition) is 2. The fourth-order valence-corrected chi connectivity index (χ4v) is 4.81. The van der Waals surface area contributed by atoms with Gasteiger partial charge in [-0.3, -0.25) is 9.59 Å². The van der Waals surface area contributed by atoms with E-state index in [2.05, 4.69) is 26.7 Å². The van der Waals surface area contributed by atoms with E-state index >= 15 is 0 Å². The number of nitrogens with one attached hydrogen (secondary N) is 2. The van der Waals surface area contributed by atoms with E-state index in [-0.39, 0.29) is 17.2 Å². The highest BCUT2D eigenvalue weighted by Crippen LogP contribution is 2.36. The minimum absolute atomic E-state index is 0.00485. The van der Waals surface area contributed by atoms with Crippen molar-refractivity contribution < 1.29 is 9.59 Å². The van der Waals surface area contributed by atoms with Gasteiger partial charge >= 0.3 is 0 Å². The molecular weight excluding hydrogens is 398 g/mol. The van der Waals surface area contributed by atoms with Gasteiger partial charge < -0.3 is 15.5 Å². The third kappa shape index (κ3) is 3.68. The highest BCUT2D eigenvalue weighted by atomic mass is 32.1. The maximum atomic E-state index is 12.6. The van der Waals surface area contributed by atoms with Crippen molar-refractivity contribution >= 4 is 35.0 Å². The maximum Gasteiger partial charge on any atom is 0.246 e. The quantitative estimate of drug-likeness (QED) is 0.583. The van der Waals surface area contributed by atoms with Crippen molar-refractivity contribution in [2.45, 2.75) is 19.3 Å². The molecule has 8 heteroatoms. The van der Waals surface area contributed by atoms with E-state index in [9.17, 15) is 9.59 Å². The van der Waals surface area contributed by atoms with E-state index in [1.54, 1.807) is 23.6 Å². The molecule has 0 saturated carbocycles. The number of hydrogen-bond acceptors (Lipinski definition) is 6. The molecule has 1 spiro atoms. The second-order valence-electron chi connectivity index (χ2n) is 8.12. The largest absolute Gasteiger partial charge is 0.335 e. The normalized spacial score (nSPS) is 19.9. The van der Waals surface area contributed by atoms with Gasteiger partial charge in [0.2, 0.25) is 11.8 Å². The number of aromatic nitrogens is 2. The number of fused-ring (bicyclic) bond motifs is 1. The molecular formula is C22H23N5O2S. The first-order chi connectivity index (χ1) is 14.6. The van der Waals surface area contributed by atoms with Crippen LogP contribution < -0.4 is 10.6 Å². The molecule has 0 radical (unpaired) electrons. The molecule has 0 unspecified atom stereocenters. The topological polar surface area (TPSA) is 87.2 Å². The third-order valence-corrected chi connectivity index (χ3v) is 6.83. The van der Waals surface area contributed by atoms with E-state index in [0.717, 1.165) is 35.5 Å². The fourth-order valence-electron chi connectivity index (χ4n) is 4.14. The predicted octanol–water partition coefficient (Wildman–Crippen LogP) is 2.04. The van der Waals surface area contributed by atoms with Gasteiger partial charge in [-0.05, 0) is 36.1 Å². The van der Waals surface area contributed by atoms with Crippen LogP contribution in [0.5, 0.6) is 0 Å². The minimum atomic E-state index is -0.344. The average molecular weight is 422 g/mol. The van der Waals surface area contributed by atoms with Crippen molar-refractivity contribution in [2.24, 2.45) is 5.41 Å². The van der Waals surface area contributed by atoms with E-state index in [4.69, 9.17) is 0 Å². The summed E-state index contributed by atoms with van der Waals surface area (Å²) in [5.41, 5.74) is 2.90. The molecule has 0 aliphatic carbocycles. The van der Waals surface area contributed by atoms with Crippen LogP contribution in [0.3, 0.4) is 0 Å². The summed E-state index contributed by atoms with van der Waals surface area (Å²) in [7, 11) is 0. The number of thiazole rings is 1. The number of carbonyl (C=O) groups excluding carboxylic acids is 2. The predicted molar refractivity (Wildman–Crippen MR) is 116 cm³/mol. The first kappa shape index (κ1) is 19.1. The van der Waals surface area contributed by atoms with Crippen molar-refractivity contribution in [3.05, 3.63) is 57.7 Å². The Morgan fingerprint density at radius 3 is 2.93 bits per heavy atom. The van der Waals surface area contributed by atoms with Crippen LogP contribution in [0, 0.1) is 5.41 Å². The summed E-state index contributed by atoms with van der Waals surface area (Å²) < 4.78 is 0. The highest BCUT2D eigenvalue weighted by molar-refractivity contribution is 7.09. The van der Waals surface area contributed by atoms with Gasteiger partial charge in [-0.1, -0.05) is 11.6 Å². The lowest BCUT2D eigenvalue weighted by Crippen LogP contribution is -2.62. The van der Waals surface area contributed by atoms with Crippen LogP contribution in [0.15, 0.2) is 41.6 Å². The SMILES string of the molecule is O=C(/C=C/c1cnc2c(c1)CC1(CNC1)C(=O)N2)N1CC=C(Cc2nccs2)CC1. The van der Waals surface area contributed by atoms with Gasteiger partial charge in [0.1, 0.15) is 5.82 Å². The summed E-state index contributed by atoms with van der Waals surface area (Å²) >= 11 is 1.67. The molecule has 0 aromatic carbocycles. The van der Waals surface area contributed by atoms with E-state index in [0.29, 0.717) is 31.9 Å². The molecule has 2 aromatic heterocycles. The Morgan fingerprint density at radius 1 is 1.33 bits per heavy atom. The summed E-state index contributed by atoms with van der Waals surface area (Å²) in [5.74, 6) is 0.687. The van der Waals surface area contributed by atoms with Crippen molar-refractivity contribution in [1.29, 1.82) is 0 Å². The molecule has 0 atom stereocenters. The number of nitrogens with zero attached hydrogens (tertiary/aromatic N) is 3. The van der Waals surface area contributed by atoms with Gasteiger partial charge in [0, 0.05) is 56.4 Å². The molecule has 5 heterocycles. The zero-order valence-corrected chi connectivity index (χ0v) is 17.4. The molecule has 7 nitrogen and oxygen atoms in total. The second-order valence-corrected chi connectivity index (χ2v) is 9.10. The Bertz CT molecular complexity index is 1040. The Morgan fingerprint density at radius 2 is 2.23 bits per heavy atom. The Labute approximate surface area is 178 Å². The summed E-state index contributed by atoms with van der Waals surface area (Å²) in [4.78, 5) is 35.5. The molecule has 2 N–H and O–H groups in total. The first-order valence-electron chi connectivity index (χ1n) is 10.2. The molecule has 5 rings (SSSR count). The van der Waals surface area contributed by atoms with Gasteiger partial charge in [-0.25, -0.2) is 9.97 Å². The number of rotatable bonds is 4. The molecule has 2 aromatic rings. The summed E-state index contributed by atoms with van der Waals surface area (Å²) in [6.45, 7) is 2.76. The van der Waals surface area contributed by atoms with Crippen molar-refractivity contribution in [2.75, 3.05) is 31.5 Å². The van der Waals surface area contributed by atoms with Crippen LogP contribution in [0.2, 0.25) is 0 Å². The molecule has 0 bridgehead atoms. The molecule has 1 fully saturated rings. The van der Waals surface area contributed by atoms with Gasteiger partial charge in [0.05, 0.1) is 10.4 Å². The highest BCUT2D eigenvalue weighted by Gasteiger charge is 2.47.